The van der Waals surface area contributed by atoms with Gasteiger partial charge in [0.05, 0.1) is 5.92 Å². The Morgan fingerprint density at radius 2 is 2.00 bits per heavy atom. The van der Waals surface area contributed by atoms with Crippen molar-refractivity contribution in [2.45, 2.75) is 20.3 Å². The topological polar surface area (TPSA) is 78.4 Å². The van der Waals surface area contributed by atoms with Gasteiger partial charge in [-0.1, -0.05) is 32.0 Å². The molecule has 5 heteroatoms. The van der Waals surface area contributed by atoms with E-state index in [1.54, 1.807) is 6.92 Å². The van der Waals surface area contributed by atoms with Crippen molar-refractivity contribution in [1.29, 1.82) is 0 Å². The lowest BCUT2D eigenvalue weighted by Crippen LogP contribution is -2.34. The monoisotopic (exact) mass is 250 g/mol. The van der Waals surface area contributed by atoms with E-state index in [2.05, 4.69) is 10.6 Å². The highest BCUT2D eigenvalue weighted by Crippen LogP contribution is 2.14. The van der Waals surface area contributed by atoms with Crippen molar-refractivity contribution < 1.29 is 14.7 Å². The number of carboxylic acid groups (broad SMARTS) is 1. The molecule has 1 aromatic carbocycles. The molecule has 0 saturated carbocycles. The van der Waals surface area contributed by atoms with Gasteiger partial charge in [0.25, 0.3) is 0 Å². The van der Waals surface area contributed by atoms with Crippen LogP contribution in [0.1, 0.15) is 19.4 Å². The SMILES string of the molecule is CCc1ccccc1NC(=O)NCC(C)C(=O)O. The van der Waals surface area contributed by atoms with E-state index in [4.69, 9.17) is 5.11 Å². The number of rotatable bonds is 5. The molecule has 0 saturated heterocycles. The Kier molecular flexibility index (Phi) is 5.17. The van der Waals surface area contributed by atoms with E-state index in [0.29, 0.717) is 0 Å². The number of carboxylic acids is 1. The molecule has 1 unspecified atom stereocenters. The molecule has 1 atom stereocenters. The standard InChI is InChI=1S/C13H18N2O3/c1-3-10-6-4-5-7-11(10)15-13(18)14-8-9(2)12(16)17/h4-7,9H,3,8H2,1-2H3,(H,16,17)(H2,14,15,18). The van der Waals surface area contributed by atoms with Crippen molar-refractivity contribution in [2.75, 3.05) is 11.9 Å². The van der Waals surface area contributed by atoms with Crippen molar-refractivity contribution in [3.05, 3.63) is 29.8 Å². The quantitative estimate of drug-likeness (QED) is 0.748. The van der Waals surface area contributed by atoms with Gasteiger partial charge < -0.3 is 15.7 Å². The summed E-state index contributed by atoms with van der Waals surface area (Å²) in [4.78, 5) is 22.2. The lowest BCUT2D eigenvalue weighted by molar-refractivity contribution is -0.140. The molecule has 0 heterocycles. The maximum Gasteiger partial charge on any atom is 0.319 e. The minimum Gasteiger partial charge on any atom is -0.481 e. The summed E-state index contributed by atoms with van der Waals surface area (Å²) >= 11 is 0. The van der Waals surface area contributed by atoms with E-state index in [1.807, 2.05) is 31.2 Å². The molecule has 5 nitrogen and oxygen atoms in total. The van der Waals surface area contributed by atoms with E-state index in [9.17, 15) is 9.59 Å². The van der Waals surface area contributed by atoms with Crippen LogP contribution in [-0.4, -0.2) is 23.7 Å². The second kappa shape index (κ2) is 6.64. The molecule has 0 aliphatic heterocycles. The Morgan fingerprint density at radius 1 is 1.33 bits per heavy atom. The van der Waals surface area contributed by atoms with Crippen LogP contribution in [0.4, 0.5) is 10.5 Å². The molecule has 1 rings (SSSR count). The Morgan fingerprint density at radius 3 is 2.61 bits per heavy atom. The summed E-state index contributed by atoms with van der Waals surface area (Å²) in [6.45, 7) is 3.66. The van der Waals surface area contributed by atoms with Crippen LogP contribution in [-0.2, 0) is 11.2 Å². The first kappa shape index (κ1) is 14.0. The lowest BCUT2D eigenvalue weighted by atomic mass is 10.1. The van der Waals surface area contributed by atoms with E-state index in [-0.39, 0.29) is 12.6 Å². The van der Waals surface area contributed by atoms with Crippen LogP contribution in [0, 0.1) is 5.92 Å². The van der Waals surface area contributed by atoms with Crippen molar-refractivity contribution in [3.63, 3.8) is 0 Å². The second-order valence-corrected chi connectivity index (χ2v) is 4.09. The highest BCUT2D eigenvalue weighted by Gasteiger charge is 2.12. The van der Waals surface area contributed by atoms with Gasteiger partial charge in [-0.3, -0.25) is 4.79 Å². The van der Waals surface area contributed by atoms with Gasteiger partial charge in [0, 0.05) is 12.2 Å². The molecule has 18 heavy (non-hydrogen) atoms. The van der Waals surface area contributed by atoms with E-state index in [1.165, 1.54) is 0 Å². The first-order valence-corrected chi connectivity index (χ1v) is 5.90. The summed E-state index contributed by atoms with van der Waals surface area (Å²) in [5, 5.41) is 13.9. The third kappa shape index (κ3) is 4.08. The average Bonchev–Trinajstić information content (AvgIpc) is 2.36. The van der Waals surface area contributed by atoms with E-state index in [0.717, 1.165) is 17.7 Å². The van der Waals surface area contributed by atoms with Crippen LogP contribution in [0.5, 0.6) is 0 Å². The molecule has 0 radical (unpaired) electrons. The summed E-state index contributed by atoms with van der Waals surface area (Å²) in [7, 11) is 0. The number of urea groups is 1. The summed E-state index contributed by atoms with van der Waals surface area (Å²) in [5.74, 6) is -1.53. The smallest absolute Gasteiger partial charge is 0.319 e. The summed E-state index contributed by atoms with van der Waals surface area (Å²) in [6, 6.07) is 7.13. The molecule has 0 aliphatic rings. The zero-order chi connectivity index (χ0) is 13.5. The van der Waals surface area contributed by atoms with Crippen LogP contribution in [0.3, 0.4) is 0 Å². The predicted molar refractivity (Wildman–Crippen MR) is 69.6 cm³/mol. The maximum absolute atomic E-state index is 11.6. The summed E-state index contributed by atoms with van der Waals surface area (Å²) in [5.41, 5.74) is 1.79. The van der Waals surface area contributed by atoms with Crippen molar-refractivity contribution >= 4 is 17.7 Å². The van der Waals surface area contributed by atoms with E-state index < -0.39 is 11.9 Å². The second-order valence-electron chi connectivity index (χ2n) is 4.09. The van der Waals surface area contributed by atoms with Crippen LogP contribution >= 0.6 is 0 Å². The minimum atomic E-state index is -0.927. The van der Waals surface area contributed by atoms with Gasteiger partial charge in [-0.2, -0.15) is 0 Å². The zero-order valence-electron chi connectivity index (χ0n) is 10.6. The summed E-state index contributed by atoms with van der Waals surface area (Å²) < 4.78 is 0. The number of para-hydroxylation sites is 1. The van der Waals surface area contributed by atoms with Gasteiger partial charge >= 0.3 is 12.0 Å². The molecular weight excluding hydrogens is 232 g/mol. The molecule has 98 valence electrons. The molecule has 0 aliphatic carbocycles. The Balaban J connectivity index is 2.52. The van der Waals surface area contributed by atoms with Crippen LogP contribution < -0.4 is 10.6 Å². The molecule has 0 fully saturated rings. The molecular formula is C13H18N2O3. The first-order chi connectivity index (χ1) is 8.54. The van der Waals surface area contributed by atoms with Crippen LogP contribution in [0.2, 0.25) is 0 Å². The summed E-state index contributed by atoms with van der Waals surface area (Å²) in [6.07, 6.45) is 0.821. The molecule has 1 aromatic rings. The number of amides is 2. The normalized spacial score (nSPS) is 11.7. The zero-order valence-corrected chi connectivity index (χ0v) is 10.6. The van der Waals surface area contributed by atoms with Gasteiger partial charge in [-0.05, 0) is 18.1 Å². The predicted octanol–water partition coefficient (Wildman–Crippen LogP) is 2.09. The van der Waals surface area contributed by atoms with Gasteiger partial charge in [-0.25, -0.2) is 4.79 Å². The number of carbonyl (C=O) groups is 2. The molecule has 0 bridgehead atoms. The number of nitrogens with one attached hydrogen (secondary N) is 2. The Hall–Kier alpha value is -2.04. The molecule has 0 aromatic heterocycles. The Bertz CT molecular complexity index is 432. The van der Waals surface area contributed by atoms with Gasteiger partial charge in [-0.15, -0.1) is 0 Å². The maximum atomic E-state index is 11.6. The largest absolute Gasteiger partial charge is 0.481 e. The molecule has 3 N–H and O–H groups in total. The number of benzene rings is 1. The number of aliphatic carboxylic acids is 1. The number of anilines is 1. The third-order valence-corrected chi connectivity index (χ3v) is 2.64. The highest BCUT2D eigenvalue weighted by atomic mass is 16.4. The van der Waals surface area contributed by atoms with Crippen molar-refractivity contribution in [2.24, 2.45) is 5.92 Å². The average molecular weight is 250 g/mol. The van der Waals surface area contributed by atoms with Crippen molar-refractivity contribution in [3.8, 4) is 0 Å². The molecule has 0 spiro atoms. The van der Waals surface area contributed by atoms with Crippen LogP contribution in [0.15, 0.2) is 24.3 Å². The fourth-order valence-corrected chi connectivity index (χ4v) is 1.45. The molecule has 2 amide bonds. The lowest BCUT2D eigenvalue weighted by Gasteiger charge is -2.12. The van der Waals surface area contributed by atoms with Crippen molar-refractivity contribution in [1.82, 2.24) is 5.32 Å². The number of hydrogen-bond acceptors (Lipinski definition) is 2. The Labute approximate surface area is 106 Å². The number of carbonyl (C=O) groups excluding carboxylic acids is 1. The van der Waals surface area contributed by atoms with Gasteiger partial charge in [0.2, 0.25) is 0 Å². The minimum absolute atomic E-state index is 0.107. The first-order valence-electron chi connectivity index (χ1n) is 5.90. The van der Waals surface area contributed by atoms with Gasteiger partial charge in [0.1, 0.15) is 0 Å². The van der Waals surface area contributed by atoms with Gasteiger partial charge in [0.15, 0.2) is 0 Å². The van der Waals surface area contributed by atoms with E-state index >= 15 is 0 Å². The fourth-order valence-electron chi connectivity index (χ4n) is 1.45. The fraction of sp³-hybridized carbons (Fsp3) is 0.385. The van der Waals surface area contributed by atoms with Crippen LogP contribution in [0.25, 0.3) is 0 Å². The number of hydrogen-bond donors (Lipinski definition) is 3. The third-order valence-electron chi connectivity index (χ3n) is 2.64. The number of aryl methyl sites for hydroxylation is 1. The highest BCUT2D eigenvalue weighted by molar-refractivity contribution is 5.90.